The summed E-state index contributed by atoms with van der Waals surface area (Å²) in [7, 11) is -0.423. The first-order chi connectivity index (χ1) is 12.8. The van der Waals surface area contributed by atoms with Crippen molar-refractivity contribution in [3.05, 3.63) is 42.5 Å². The molecule has 0 N–H and O–H groups in total. The maximum atomic E-state index is 6.35. The fourth-order valence-corrected chi connectivity index (χ4v) is 5.55. The monoisotopic (exact) mass is 392 g/mol. The maximum Gasteiger partial charge on any atom is 0.332 e. The second-order valence-electron chi connectivity index (χ2n) is 8.21. The molecular weight excluding hydrogens is 360 g/mol. The molecule has 2 heterocycles. The molecule has 6 heteroatoms. The zero-order valence-corrected chi connectivity index (χ0v) is 18.1. The van der Waals surface area contributed by atoms with Gasteiger partial charge in [-0.2, -0.15) is 0 Å². The van der Waals surface area contributed by atoms with Gasteiger partial charge in [0.15, 0.2) is 0 Å². The van der Waals surface area contributed by atoms with Crippen molar-refractivity contribution in [2.75, 3.05) is 20.3 Å². The molecule has 1 aromatic rings. The van der Waals surface area contributed by atoms with Gasteiger partial charge < -0.3 is 23.1 Å². The number of benzene rings is 1. The summed E-state index contributed by atoms with van der Waals surface area (Å²) in [6, 6.07) is 7.95. The first kappa shape index (κ1) is 20.5. The minimum atomic E-state index is -2.09. The summed E-state index contributed by atoms with van der Waals surface area (Å²) in [6.45, 7) is 14.3. The standard InChI is InChI=1S/C21H32O5Si/c1-7-17-14-24-27(5,6)26-20(17)21(3)19(25-21)15(2)12-23-13-16-8-10-18(22-4)11-9-16/h7-11,15,17,19-20H,1,12-14H2,2-6H3/t15-,17-,19+,20-,21?/m0/s1. The van der Waals surface area contributed by atoms with E-state index in [0.717, 1.165) is 11.3 Å². The van der Waals surface area contributed by atoms with Crippen LogP contribution in [0.5, 0.6) is 5.75 Å². The average Bonchev–Trinajstić information content (AvgIpc) is 3.35. The van der Waals surface area contributed by atoms with Crippen LogP contribution in [0.4, 0.5) is 0 Å². The molecule has 5 atom stereocenters. The largest absolute Gasteiger partial charge is 0.497 e. The second kappa shape index (κ2) is 8.05. The predicted octanol–water partition coefficient (Wildman–Crippen LogP) is 3.92. The highest BCUT2D eigenvalue weighted by Gasteiger charge is 2.63. The van der Waals surface area contributed by atoms with Crippen LogP contribution in [0.3, 0.4) is 0 Å². The summed E-state index contributed by atoms with van der Waals surface area (Å²) in [5.41, 5.74) is 0.838. The average molecular weight is 393 g/mol. The Kier molecular flexibility index (Phi) is 6.13. The number of ether oxygens (including phenoxy) is 3. The van der Waals surface area contributed by atoms with Crippen molar-refractivity contribution in [1.29, 1.82) is 0 Å². The number of epoxide rings is 1. The molecule has 2 aliphatic rings. The molecule has 27 heavy (non-hydrogen) atoms. The van der Waals surface area contributed by atoms with Gasteiger partial charge in [-0.15, -0.1) is 6.58 Å². The van der Waals surface area contributed by atoms with E-state index in [-0.39, 0.29) is 29.6 Å². The van der Waals surface area contributed by atoms with Crippen LogP contribution in [-0.2, 0) is 24.9 Å². The van der Waals surface area contributed by atoms with Crippen LogP contribution in [0.15, 0.2) is 36.9 Å². The Morgan fingerprint density at radius 3 is 2.67 bits per heavy atom. The van der Waals surface area contributed by atoms with Crippen molar-refractivity contribution in [2.24, 2.45) is 11.8 Å². The summed E-state index contributed by atoms with van der Waals surface area (Å²) in [5.74, 6) is 1.30. The van der Waals surface area contributed by atoms with Gasteiger partial charge in [0.2, 0.25) is 0 Å². The molecule has 0 aromatic heterocycles. The molecule has 1 aromatic carbocycles. The molecule has 2 fully saturated rings. The van der Waals surface area contributed by atoms with Gasteiger partial charge in [0.25, 0.3) is 0 Å². The number of methoxy groups -OCH3 is 1. The Bertz CT molecular complexity index is 646. The number of hydrogen-bond donors (Lipinski definition) is 0. The Labute approximate surface area is 163 Å². The minimum Gasteiger partial charge on any atom is -0.497 e. The maximum absolute atomic E-state index is 6.35. The van der Waals surface area contributed by atoms with E-state index >= 15 is 0 Å². The van der Waals surface area contributed by atoms with Gasteiger partial charge in [-0.1, -0.05) is 25.1 Å². The van der Waals surface area contributed by atoms with Crippen LogP contribution in [0.1, 0.15) is 19.4 Å². The number of rotatable bonds is 8. The molecule has 2 aliphatic heterocycles. The molecule has 3 rings (SSSR count). The van der Waals surface area contributed by atoms with Gasteiger partial charge in [0.05, 0.1) is 32.5 Å². The summed E-state index contributed by atoms with van der Waals surface area (Å²) in [4.78, 5) is 0. The third-order valence-corrected chi connectivity index (χ3v) is 7.19. The van der Waals surface area contributed by atoms with Gasteiger partial charge >= 0.3 is 8.56 Å². The van der Waals surface area contributed by atoms with Gasteiger partial charge in [0, 0.05) is 18.4 Å². The fraction of sp³-hybridized carbons (Fsp3) is 0.619. The van der Waals surface area contributed by atoms with Crippen LogP contribution in [0.25, 0.3) is 0 Å². The lowest BCUT2D eigenvalue weighted by molar-refractivity contribution is -0.0209. The van der Waals surface area contributed by atoms with Crippen molar-refractivity contribution in [1.82, 2.24) is 0 Å². The van der Waals surface area contributed by atoms with Gasteiger partial charge in [-0.25, -0.2) is 0 Å². The van der Waals surface area contributed by atoms with Gasteiger partial charge in [-0.3, -0.25) is 0 Å². The summed E-state index contributed by atoms with van der Waals surface area (Å²) < 4.78 is 29.5. The Morgan fingerprint density at radius 1 is 1.33 bits per heavy atom. The van der Waals surface area contributed by atoms with Crippen LogP contribution in [0, 0.1) is 11.8 Å². The van der Waals surface area contributed by atoms with Crippen LogP contribution in [-0.4, -0.2) is 46.7 Å². The van der Waals surface area contributed by atoms with Crippen molar-refractivity contribution < 1.29 is 23.1 Å². The molecule has 2 saturated heterocycles. The highest BCUT2D eigenvalue weighted by atomic mass is 28.4. The summed E-state index contributed by atoms with van der Waals surface area (Å²) >= 11 is 0. The van der Waals surface area contributed by atoms with Crippen molar-refractivity contribution in [3.63, 3.8) is 0 Å². The van der Waals surface area contributed by atoms with E-state index in [2.05, 4.69) is 33.5 Å². The topological polar surface area (TPSA) is 49.5 Å². The molecule has 0 radical (unpaired) electrons. The molecule has 0 bridgehead atoms. The lowest BCUT2D eigenvalue weighted by atomic mass is 9.86. The fourth-order valence-electron chi connectivity index (χ4n) is 3.87. The van der Waals surface area contributed by atoms with Crippen LogP contribution >= 0.6 is 0 Å². The van der Waals surface area contributed by atoms with E-state index in [4.69, 9.17) is 23.1 Å². The van der Waals surface area contributed by atoms with E-state index in [1.54, 1.807) is 7.11 Å². The first-order valence-electron chi connectivity index (χ1n) is 9.62. The minimum absolute atomic E-state index is 0.000505. The Balaban J connectivity index is 1.52. The SMILES string of the molecule is C=C[C@H]1CO[Si](C)(C)O[C@@H]1C1(C)O[C@@H]1[C@@H](C)COCc1ccc(OC)cc1. The lowest BCUT2D eigenvalue weighted by Crippen LogP contribution is -2.54. The molecular formula is C21H32O5Si. The summed E-state index contributed by atoms with van der Waals surface area (Å²) in [6.07, 6.45) is 2.06. The van der Waals surface area contributed by atoms with E-state index < -0.39 is 8.56 Å². The second-order valence-corrected chi connectivity index (χ2v) is 11.5. The van der Waals surface area contributed by atoms with Crippen LogP contribution < -0.4 is 4.74 Å². The highest BCUT2D eigenvalue weighted by molar-refractivity contribution is 6.64. The first-order valence-corrected chi connectivity index (χ1v) is 12.4. The van der Waals surface area contributed by atoms with Gasteiger partial charge in [-0.05, 0) is 37.7 Å². The lowest BCUT2D eigenvalue weighted by Gasteiger charge is -2.41. The Hall–Kier alpha value is -1.18. The quantitative estimate of drug-likeness (QED) is 0.381. The normalized spacial score (nSPS) is 33.3. The van der Waals surface area contributed by atoms with Crippen molar-refractivity contribution in [2.45, 2.75) is 51.4 Å². The molecule has 0 saturated carbocycles. The predicted molar refractivity (Wildman–Crippen MR) is 107 cm³/mol. The zero-order valence-electron chi connectivity index (χ0n) is 17.1. The van der Waals surface area contributed by atoms with E-state index in [1.165, 1.54) is 0 Å². The molecule has 0 spiro atoms. The van der Waals surface area contributed by atoms with E-state index in [0.29, 0.717) is 19.8 Å². The van der Waals surface area contributed by atoms with Crippen molar-refractivity contribution >= 4 is 8.56 Å². The number of hydrogen-bond acceptors (Lipinski definition) is 5. The summed E-state index contributed by atoms with van der Waals surface area (Å²) in [5, 5.41) is 0. The van der Waals surface area contributed by atoms with Crippen molar-refractivity contribution in [3.8, 4) is 5.75 Å². The van der Waals surface area contributed by atoms with E-state index in [9.17, 15) is 0 Å². The van der Waals surface area contributed by atoms with Gasteiger partial charge in [0.1, 0.15) is 11.4 Å². The third-order valence-electron chi connectivity index (χ3n) is 5.50. The highest BCUT2D eigenvalue weighted by Crippen LogP contribution is 2.49. The smallest absolute Gasteiger partial charge is 0.332 e. The zero-order chi connectivity index (χ0) is 19.7. The molecule has 0 amide bonds. The molecule has 5 nitrogen and oxygen atoms in total. The third kappa shape index (κ3) is 4.63. The van der Waals surface area contributed by atoms with E-state index in [1.807, 2.05) is 30.3 Å². The molecule has 1 unspecified atom stereocenters. The Morgan fingerprint density at radius 2 is 2.04 bits per heavy atom. The molecule has 150 valence electrons. The molecule has 0 aliphatic carbocycles. The van der Waals surface area contributed by atoms with Crippen LogP contribution in [0.2, 0.25) is 13.1 Å².